The first kappa shape index (κ1) is 15.9. The fourth-order valence-corrected chi connectivity index (χ4v) is 5.02. The van der Waals surface area contributed by atoms with Crippen molar-refractivity contribution in [2.24, 2.45) is 0 Å². The predicted octanol–water partition coefficient (Wildman–Crippen LogP) is 5.54. The van der Waals surface area contributed by atoms with E-state index in [9.17, 15) is 0 Å². The molecule has 0 saturated heterocycles. The van der Waals surface area contributed by atoms with Crippen molar-refractivity contribution < 1.29 is 0 Å². The van der Waals surface area contributed by atoms with Crippen LogP contribution in [-0.4, -0.2) is 17.5 Å². The van der Waals surface area contributed by atoms with E-state index in [-0.39, 0.29) is 0 Å². The molecule has 0 spiro atoms. The molecule has 0 radical (unpaired) electrons. The van der Waals surface area contributed by atoms with Crippen molar-refractivity contribution in [3.63, 3.8) is 0 Å². The Hall–Kier alpha value is 0.490. The van der Waals surface area contributed by atoms with Gasteiger partial charge < -0.3 is 5.32 Å². The second-order valence-electron chi connectivity index (χ2n) is 5.28. The van der Waals surface area contributed by atoms with Crippen molar-refractivity contribution in [2.75, 3.05) is 6.26 Å². The van der Waals surface area contributed by atoms with Crippen LogP contribution in [0.2, 0.25) is 0 Å². The fourth-order valence-electron chi connectivity index (χ4n) is 2.81. The topological polar surface area (TPSA) is 12.0 Å². The van der Waals surface area contributed by atoms with E-state index in [1.807, 2.05) is 11.8 Å². The van der Waals surface area contributed by atoms with E-state index >= 15 is 0 Å². The lowest BCUT2D eigenvalue weighted by atomic mass is 9.93. The maximum Gasteiger partial charge on any atom is 0.0305 e. The molecule has 0 bridgehead atoms. The highest BCUT2D eigenvalue weighted by Gasteiger charge is 2.23. The van der Waals surface area contributed by atoms with Crippen LogP contribution in [0.4, 0.5) is 0 Å². The highest BCUT2D eigenvalue weighted by atomic mass is 79.9. The van der Waals surface area contributed by atoms with E-state index < -0.39 is 0 Å². The molecule has 4 heteroatoms. The summed E-state index contributed by atoms with van der Waals surface area (Å²) >= 11 is 9.19. The highest BCUT2D eigenvalue weighted by molar-refractivity contribution is 9.11. The summed E-state index contributed by atoms with van der Waals surface area (Å²) in [6.07, 6.45) is 7.60. The fraction of sp³-hybridized carbons (Fsp3) is 0.600. The molecule has 1 aromatic carbocycles. The van der Waals surface area contributed by atoms with E-state index in [1.54, 1.807) is 0 Å². The lowest BCUT2D eigenvalue weighted by Gasteiger charge is -2.31. The molecule has 0 heterocycles. The highest BCUT2D eigenvalue weighted by Crippen LogP contribution is 2.31. The molecule has 1 aliphatic carbocycles. The zero-order chi connectivity index (χ0) is 13.8. The van der Waals surface area contributed by atoms with Crippen molar-refractivity contribution in [3.05, 3.63) is 32.7 Å². The van der Waals surface area contributed by atoms with Crippen LogP contribution in [0.15, 0.2) is 27.1 Å². The van der Waals surface area contributed by atoms with Crippen molar-refractivity contribution in [1.82, 2.24) is 5.32 Å². The number of hydrogen-bond acceptors (Lipinski definition) is 2. The summed E-state index contributed by atoms with van der Waals surface area (Å²) in [5, 5.41) is 4.64. The van der Waals surface area contributed by atoms with Gasteiger partial charge in [-0.2, -0.15) is 11.8 Å². The molecular formula is C15H21Br2NS. The van der Waals surface area contributed by atoms with E-state index in [4.69, 9.17) is 0 Å². The van der Waals surface area contributed by atoms with Gasteiger partial charge in [-0.3, -0.25) is 0 Å². The number of halogens is 2. The number of thioether (sulfide) groups is 1. The van der Waals surface area contributed by atoms with Crippen LogP contribution >= 0.6 is 43.6 Å². The van der Waals surface area contributed by atoms with Crippen LogP contribution in [0.5, 0.6) is 0 Å². The summed E-state index contributed by atoms with van der Waals surface area (Å²) in [7, 11) is 0. The van der Waals surface area contributed by atoms with Gasteiger partial charge in [0.05, 0.1) is 0 Å². The Morgan fingerprint density at radius 2 is 2.11 bits per heavy atom. The van der Waals surface area contributed by atoms with E-state index in [2.05, 4.69) is 68.6 Å². The molecule has 1 aliphatic rings. The minimum atomic E-state index is 0.396. The molecule has 1 fully saturated rings. The number of hydrogen-bond donors (Lipinski definition) is 1. The zero-order valence-corrected chi connectivity index (χ0v) is 15.4. The smallest absolute Gasteiger partial charge is 0.0305 e. The molecular weight excluding hydrogens is 386 g/mol. The lowest BCUT2D eigenvalue weighted by molar-refractivity contribution is 0.353. The molecule has 3 unspecified atom stereocenters. The van der Waals surface area contributed by atoms with Gasteiger partial charge in [-0.05, 0) is 50.1 Å². The summed E-state index contributed by atoms with van der Waals surface area (Å²) < 4.78 is 2.30. The van der Waals surface area contributed by atoms with Crippen molar-refractivity contribution >= 4 is 43.6 Å². The normalized spacial score (nSPS) is 25.3. The molecule has 1 saturated carbocycles. The summed E-state index contributed by atoms with van der Waals surface area (Å²) in [4.78, 5) is 0. The summed E-state index contributed by atoms with van der Waals surface area (Å²) in [6, 6.07) is 7.49. The summed E-state index contributed by atoms with van der Waals surface area (Å²) in [5.74, 6) is 0. The Kier molecular flexibility index (Phi) is 6.25. The Balaban J connectivity index is 1.98. The number of nitrogens with one attached hydrogen (secondary N) is 1. The van der Waals surface area contributed by atoms with Crippen LogP contribution < -0.4 is 5.32 Å². The van der Waals surface area contributed by atoms with Crippen LogP contribution in [0.1, 0.15) is 44.2 Å². The van der Waals surface area contributed by atoms with E-state index in [0.717, 1.165) is 9.72 Å². The van der Waals surface area contributed by atoms with Gasteiger partial charge in [0.1, 0.15) is 0 Å². The maximum absolute atomic E-state index is 3.80. The minimum Gasteiger partial charge on any atom is -0.307 e. The molecule has 0 aromatic heterocycles. The van der Waals surface area contributed by atoms with Gasteiger partial charge in [0.25, 0.3) is 0 Å². The van der Waals surface area contributed by atoms with Gasteiger partial charge >= 0.3 is 0 Å². The molecule has 19 heavy (non-hydrogen) atoms. The van der Waals surface area contributed by atoms with Crippen LogP contribution in [-0.2, 0) is 0 Å². The molecule has 0 amide bonds. The van der Waals surface area contributed by atoms with Crippen molar-refractivity contribution in [3.8, 4) is 0 Å². The van der Waals surface area contributed by atoms with Gasteiger partial charge in [0.15, 0.2) is 0 Å². The Labute approximate surface area is 137 Å². The Bertz CT molecular complexity index is 425. The zero-order valence-electron chi connectivity index (χ0n) is 11.5. The van der Waals surface area contributed by atoms with Gasteiger partial charge in [-0.1, -0.05) is 44.3 Å². The van der Waals surface area contributed by atoms with Crippen molar-refractivity contribution in [1.29, 1.82) is 0 Å². The van der Waals surface area contributed by atoms with Crippen LogP contribution in [0.3, 0.4) is 0 Å². The molecule has 0 aliphatic heterocycles. The van der Waals surface area contributed by atoms with Gasteiger partial charge in [-0.15, -0.1) is 0 Å². The Morgan fingerprint density at radius 1 is 1.32 bits per heavy atom. The molecule has 1 nitrogen and oxygen atoms in total. The third-order valence-electron chi connectivity index (χ3n) is 3.87. The van der Waals surface area contributed by atoms with Gasteiger partial charge in [0.2, 0.25) is 0 Å². The lowest BCUT2D eigenvalue weighted by Crippen LogP contribution is -2.36. The quantitative estimate of drug-likeness (QED) is 0.704. The van der Waals surface area contributed by atoms with Gasteiger partial charge in [0, 0.05) is 26.3 Å². The van der Waals surface area contributed by atoms with Crippen molar-refractivity contribution in [2.45, 2.75) is 49.9 Å². The number of benzene rings is 1. The second-order valence-corrected chi connectivity index (χ2v) is 8.18. The standard InChI is InChI=1S/C15H21Br2NS/c1-10(14-7-6-11(16)8-15(14)17)18-12-4-3-5-13(9-12)19-2/h6-8,10,12-13,18H,3-5,9H2,1-2H3. The first-order chi connectivity index (χ1) is 9.10. The monoisotopic (exact) mass is 405 g/mol. The van der Waals surface area contributed by atoms with Crippen LogP contribution in [0, 0.1) is 0 Å². The molecule has 1 N–H and O–H groups in total. The molecule has 2 rings (SSSR count). The third kappa shape index (κ3) is 4.48. The molecule has 1 aromatic rings. The molecule has 106 valence electrons. The summed E-state index contributed by atoms with van der Waals surface area (Å²) in [5.41, 5.74) is 1.34. The van der Waals surface area contributed by atoms with Gasteiger partial charge in [-0.25, -0.2) is 0 Å². The first-order valence-corrected chi connectivity index (χ1v) is 9.71. The largest absolute Gasteiger partial charge is 0.307 e. The van der Waals surface area contributed by atoms with E-state index in [0.29, 0.717) is 12.1 Å². The molecule has 3 atom stereocenters. The SMILES string of the molecule is CSC1CCCC(NC(C)c2ccc(Br)cc2Br)C1. The third-order valence-corrected chi connectivity index (χ3v) is 6.15. The Morgan fingerprint density at radius 3 is 2.79 bits per heavy atom. The van der Waals surface area contributed by atoms with E-state index in [1.165, 1.54) is 35.7 Å². The summed E-state index contributed by atoms with van der Waals surface area (Å²) in [6.45, 7) is 2.26. The second kappa shape index (κ2) is 7.48. The first-order valence-electron chi connectivity index (χ1n) is 6.84. The average molecular weight is 407 g/mol. The predicted molar refractivity (Wildman–Crippen MR) is 93.0 cm³/mol. The maximum atomic E-state index is 3.80. The van der Waals surface area contributed by atoms with Crippen LogP contribution in [0.25, 0.3) is 0 Å². The number of rotatable bonds is 4. The average Bonchev–Trinajstić information content (AvgIpc) is 2.38. The minimum absolute atomic E-state index is 0.396.